The summed E-state index contributed by atoms with van der Waals surface area (Å²) in [7, 11) is 0. The van der Waals surface area contributed by atoms with E-state index in [1.165, 1.54) is 9.80 Å². The summed E-state index contributed by atoms with van der Waals surface area (Å²) >= 11 is 0. The van der Waals surface area contributed by atoms with Gasteiger partial charge in [-0.1, -0.05) is 31.4 Å². The molecule has 0 aromatic heterocycles. The average molecular weight is 276 g/mol. The minimum absolute atomic E-state index is 0.0785. The lowest BCUT2D eigenvalue weighted by Gasteiger charge is -2.30. The molecule has 3 rings (SSSR count). The van der Waals surface area contributed by atoms with E-state index >= 15 is 0 Å². The molecule has 1 atom stereocenters. The molecule has 5 heteroatoms. The molecule has 5 nitrogen and oxygen atoms in total. The number of amides is 4. The van der Waals surface area contributed by atoms with Crippen molar-refractivity contribution in [3.63, 3.8) is 0 Å². The summed E-state index contributed by atoms with van der Waals surface area (Å²) in [4.78, 5) is 39.2. The molecule has 0 radical (unpaired) electrons. The van der Waals surface area contributed by atoms with Gasteiger partial charge >= 0.3 is 17.8 Å². The van der Waals surface area contributed by atoms with Gasteiger partial charge in [-0.05, 0) is 32.1 Å². The maximum atomic E-state index is 12.5. The molecule has 1 saturated heterocycles. The van der Waals surface area contributed by atoms with E-state index in [0.717, 1.165) is 51.4 Å². The zero-order valence-electron chi connectivity index (χ0n) is 11.6. The van der Waals surface area contributed by atoms with Crippen LogP contribution in [0.1, 0.15) is 51.4 Å². The molecule has 3 aliphatic rings. The molecular formula is C15H20N2O3. The molecule has 108 valence electrons. The third-order valence-electron chi connectivity index (χ3n) is 4.53. The third kappa shape index (κ3) is 2.15. The van der Waals surface area contributed by atoms with E-state index in [1.807, 2.05) is 12.2 Å². The van der Waals surface area contributed by atoms with Gasteiger partial charge in [0.2, 0.25) is 0 Å². The molecule has 1 heterocycles. The normalized spacial score (nSPS) is 28.6. The smallest absolute Gasteiger partial charge is 0.263 e. The molecule has 0 bridgehead atoms. The predicted molar refractivity (Wildman–Crippen MR) is 72.7 cm³/mol. The van der Waals surface area contributed by atoms with Gasteiger partial charge in [0.05, 0.1) is 6.04 Å². The van der Waals surface area contributed by atoms with Gasteiger partial charge in [0.1, 0.15) is 0 Å². The number of allylic oxidation sites excluding steroid dienone is 1. The zero-order valence-corrected chi connectivity index (χ0v) is 11.6. The van der Waals surface area contributed by atoms with Gasteiger partial charge in [-0.2, -0.15) is 0 Å². The molecule has 2 aliphatic carbocycles. The van der Waals surface area contributed by atoms with Crippen LogP contribution in [0.5, 0.6) is 0 Å². The molecule has 20 heavy (non-hydrogen) atoms. The van der Waals surface area contributed by atoms with Crippen molar-refractivity contribution in [2.45, 2.75) is 63.5 Å². The summed E-state index contributed by atoms with van der Waals surface area (Å²) in [5, 5.41) is 0. The molecule has 4 amide bonds. The second-order valence-corrected chi connectivity index (χ2v) is 5.85. The summed E-state index contributed by atoms with van der Waals surface area (Å²) in [5.41, 5.74) is 0. The van der Waals surface area contributed by atoms with Crippen molar-refractivity contribution in [2.75, 3.05) is 0 Å². The highest BCUT2D eigenvalue weighted by atomic mass is 16.2. The molecule has 1 aliphatic heterocycles. The van der Waals surface area contributed by atoms with Gasteiger partial charge in [0.25, 0.3) is 0 Å². The topological polar surface area (TPSA) is 57.7 Å². The number of hydrogen-bond acceptors (Lipinski definition) is 3. The molecule has 0 N–H and O–H groups in total. The second-order valence-electron chi connectivity index (χ2n) is 5.85. The van der Waals surface area contributed by atoms with Gasteiger partial charge < -0.3 is 0 Å². The summed E-state index contributed by atoms with van der Waals surface area (Å²) < 4.78 is 0. The van der Waals surface area contributed by atoms with Crippen LogP contribution in [-0.2, 0) is 9.59 Å². The highest BCUT2D eigenvalue weighted by Crippen LogP contribution is 2.29. The highest BCUT2D eigenvalue weighted by molar-refractivity contribution is 6.44. The molecule has 2 fully saturated rings. The monoisotopic (exact) mass is 276 g/mol. The van der Waals surface area contributed by atoms with E-state index in [9.17, 15) is 14.4 Å². The van der Waals surface area contributed by atoms with Crippen molar-refractivity contribution < 1.29 is 14.4 Å². The fourth-order valence-corrected chi connectivity index (χ4v) is 3.46. The summed E-state index contributed by atoms with van der Waals surface area (Å²) in [5.74, 6) is -1.27. The van der Waals surface area contributed by atoms with E-state index in [0.29, 0.717) is 0 Å². The zero-order chi connectivity index (χ0) is 14.1. The van der Waals surface area contributed by atoms with E-state index in [4.69, 9.17) is 0 Å². The molecule has 1 unspecified atom stereocenters. The second kappa shape index (κ2) is 5.38. The Bertz CT molecular complexity index is 466. The first-order valence-corrected chi connectivity index (χ1v) is 7.57. The number of carbonyl (C=O) groups is 3. The summed E-state index contributed by atoms with van der Waals surface area (Å²) in [6.45, 7) is 0. The van der Waals surface area contributed by atoms with Gasteiger partial charge in [-0.25, -0.2) is 9.69 Å². The van der Waals surface area contributed by atoms with Crippen LogP contribution in [-0.4, -0.2) is 39.7 Å². The van der Waals surface area contributed by atoms with E-state index in [2.05, 4.69) is 0 Å². The van der Waals surface area contributed by atoms with Crippen LogP contribution in [0, 0.1) is 0 Å². The first-order chi connectivity index (χ1) is 9.70. The lowest BCUT2D eigenvalue weighted by molar-refractivity contribution is -0.144. The number of imide groups is 2. The van der Waals surface area contributed by atoms with Gasteiger partial charge in [-0.15, -0.1) is 0 Å². The fraction of sp³-hybridized carbons (Fsp3) is 0.667. The minimum atomic E-state index is -0.642. The van der Waals surface area contributed by atoms with Gasteiger partial charge in [-0.3, -0.25) is 14.5 Å². The lowest BCUT2D eigenvalue weighted by atomic mass is 9.94. The van der Waals surface area contributed by atoms with E-state index in [-0.39, 0.29) is 12.1 Å². The first kappa shape index (κ1) is 13.3. The van der Waals surface area contributed by atoms with Crippen molar-refractivity contribution >= 4 is 17.8 Å². The number of nitrogens with zero attached hydrogens (tertiary/aromatic N) is 2. The number of rotatable bonds is 2. The average Bonchev–Trinajstić information content (AvgIpc) is 2.71. The van der Waals surface area contributed by atoms with Crippen LogP contribution >= 0.6 is 0 Å². The van der Waals surface area contributed by atoms with E-state index < -0.39 is 17.8 Å². The number of urea groups is 1. The molecule has 0 aromatic rings. The molecule has 0 aromatic carbocycles. The Morgan fingerprint density at radius 2 is 1.55 bits per heavy atom. The van der Waals surface area contributed by atoms with Crippen LogP contribution in [0.3, 0.4) is 0 Å². The SMILES string of the molecule is O=C1C(=O)N(C2CCCCC2)C(=O)N1C1C=CCCC1. The highest BCUT2D eigenvalue weighted by Gasteiger charge is 2.49. The van der Waals surface area contributed by atoms with Crippen LogP contribution in [0.2, 0.25) is 0 Å². The quantitative estimate of drug-likeness (QED) is 0.441. The number of carbonyl (C=O) groups excluding carboxylic acids is 3. The van der Waals surface area contributed by atoms with Crippen molar-refractivity contribution in [3.05, 3.63) is 12.2 Å². The van der Waals surface area contributed by atoms with Crippen molar-refractivity contribution in [3.8, 4) is 0 Å². The van der Waals surface area contributed by atoms with Crippen molar-refractivity contribution in [1.82, 2.24) is 9.80 Å². The Morgan fingerprint density at radius 1 is 0.850 bits per heavy atom. The van der Waals surface area contributed by atoms with E-state index in [1.54, 1.807) is 0 Å². The Hall–Kier alpha value is -1.65. The standard InChI is InChI=1S/C15H20N2O3/c18-13-14(19)17(12-9-5-2-6-10-12)15(20)16(13)11-7-3-1-4-8-11/h3,7,11-12H,1-2,4-6,8-10H2. The van der Waals surface area contributed by atoms with Crippen LogP contribution in [0.15, 0.2) is 12.2 Å². The summed E-state index contributed by atoms with van der Waals surface area (Å²) in [6, 6.07) is -0.713. The molecule has 0 spiro atoms. The molecule has 1 saturated carbocycles. The fourth-order valence-electron chi connectivity index (χ4n) is 3.46. The number of hydrogen-bond donors (Lipinski definition) is 0. The Morgan fingerprint density at radius 3 is 2.20 bits per heavy atom. The first-order valence-electron chi connectivity index (χ1n) is 7.57. The van der Waals surface area contributed by atoms with Crippen LogP contribution in [0.4, 0.5) is 4.79 Å². The van der Waals surface area contributed by atoms with Crippen LogP contribution < -0.4 is 0 Å². The summed E-state index contributed by atoms with van der Waals surface area (Å²) in [6.07, 6.45) is 11.4. The van der Waals surface area contributed by atoms with Crippen molar-refractivity contribution in [2.24, 2.45) is 0 Å². The van der Waals surface area contributed by atoms with Crippen molar-refractivity contribution in [1.29, 1.82) is 0 Å². The predicted octanol–water partition coefficient (Wildman–Crippen LogP) is 2.22. The largest absolute Gasteiger partial charge is 0.335 e. The van der Waals surface area contributed by atoms with Gasteiger partial charge in [0.15, 0.2) is 0 Å². The van der Waals surface area contributed by atoms with Crippen LogP contribution in [0.25, 0.3) is 0 Å². The molecular weight excluding hydrogens is 256 g/mol. The minimum Gasteiger partial charge on any atom is -0.263 e. The Kier molecular flexibility index (Phi) is 3.59. The maximum Gasteiger partial charge on any atom is 0.335 e. The lowest BCUT2D eigenvalue weighted by Crippen LogP contribution is -2.44. The van der Waals surface area contributed by atoms with Gasteiger partial charge in [0, 0.05) is 6.04 Å². The Labute approximate surface area is 118 Å². The maximum absolute atomic E-state index is 12.5. The third-order valence-corrected chi connectivity index (χ3v) is 4.53. The Balaban J connectivity index is 1.81.